The molecule has 0 aliphatic carbocycles. The van der Waals surface area contributed by atoms with E-state index in [-0.39, 0.29) is 16.9 Å². The molecule has 130 valence electrons. The lowest BCUT2D eigenvalue weighted by atomic mass is 10.1. The van der Waals surface area contributed by atoms with Gasteiger partial charge >= 0.3 is 6.36 Å². The summed E-state index contributed by atoms with van der Waals surface area (Å²) in [6, 6.07) is 5.35. The molecule has 0 saturated carbocycles. The Hall–Kier alpha value is -2.97. The topological polar surface area (TPSA) is 39.9 Å². The van der Waals surface area contributed by atoms with E-state index in [0.717, 1.165) is 24.4 Å². The van der Waals surface area contributed by atoms with Crippen LogP contribution >= 0.6 is 0 Å². The van der Waals surface area contributed by atoms with E-state index < -0.39 is 23.7 Å². The fourth-order valence-electron chi connectivity index (χ4n) is 2.32. The van der Waals surface area contributed by atoms with Crippen LogP contribution in [0.3, 0.4) is 0 Å². The Labute approximate surface area is 138 Å². The van der Waals surface area contributed by atoms with E-state index in [1.54, 1.807) is 6.92 Å². The van der Waals surface area contributed by atoms with Crippen LogP contribution in [0.1, 0.15) is 5.69 Å². The second-order valence-corrected chi connectivity index (χ2v) is 5.17. The monoisotopic (exact) mass is 355 g/mol. The average molecular weight is 355 g/mol. The van der Waals surface area contributed by atoms with Gasteiger partial charge in [0, 0.05) is 17.7 Å². The molecule has 0 N–H and O–H groups in total. The Morgan fingerprint density at radius 1 is 0.960 bits per heavy atom. The van der Waals surface area contributed by atoms with E-state index in [4.69, 9.17) is 0 Å². The molecule has 2 heterocycles. The Morgan fingerprint density at radius 2 is 1.72 bits per heavy atom. The average Bonchev–Trinajstić information content (AvgIpc) is 2.87. The molecule has 0 aliphatic rings. The molecule has 9 heteroatoms. The van der Waals surface area contributed by atoms with Crippen LogP contribution in [-0.2, 0) is 0 Å². The lowest BCUT2D eigenvalue weighted by Crippen LogP contribution is -2.17. The minimum Gasteiger partial charge on any atom is -0.406 e. The molecule has 0 fully saturated rings. The zero-order valence-electron chi connectivity index (χ0n) is 12.7. The second-order valence-electron chi connectivity index (χ2n) is 5.17. The SMILES string of the molecule is Cc1cc(-c2cc(F)cc(OC(F)(F)F)c2)n(-c2cncc(F)c2)n1. The maximum absolute atomic E-state index is 13.7. The number of alkyl halides is 3. The summed E-state index contributed by atoms with van der Waals surface area (Å²) < 4.78 is 69.3. The van der Waals surface area contributed by atoms with Crippen molar-refractivity contribution in [3.8, 4) is 22.7 Å². The molecule has 0 bridgehead atoms. The highest BCUT2D eigenvalue weighted by atomic mass is 19.4. The van der Waals surface area contributed by atoms with E-state index in [0.29, 0.717) is 11.8 Å². The summed E-state index contributed by atoms with van der Waals surface area (Å²) in [5, 5.41) is 4.16. The first-order valence-corrected chi connectivity index (χ1v) is 6.95. The van der Waals surface area contributed by atoms with Crippen LogP contribution in [0.4, 0.5) is 22.0 Å². The third-order valence-corrected chi connectivity index (χ3v) is 3.17. The van der Waals surface area contributed by atoms with E-state index in [9.17, 15) is 22.0 Å². The molecule has 3 aromatic rings. The number of pyridine rings is 1. The van der Waals surface area contributed by atoms with E-state index in [2.05, 4.69) is 14.8 Å². The van der Waals surface area contributed by atoms with Crippen molar-refractivity contribution in [2.24, 2.45) is 0 Å². The van der Waals surface area contributed by atoms with Crippen LogP contribution in [0, 0.1) is 18.6 Å². The lowest BCUT2D eigenvalue weighted by molar-refractivity contribution is -0.274. The van der Waals surface area contributed by atoms with Gasteiger partial charge in [-0.25, -0.2) is 13.5 Å². The van der Waals surface area contributed by atoms with Crippen molar-refractivity contribution in [1.29, 1.82) is 0 Å². The summed E-state index contributed by atoms with van der Waals surface area (Å²) in [7, 11) is 0. The number of hydrogen-bond acceptors (Lipinski definition) is 3. The molecule has 0 unspecified atom stereocenters. The normalized spacial score (nSPS) is 11.6. The van der Waals surface area contributed by atoms with Crippen LogP contribution in [0.2, 0.25) is 0 Å². The molecule has 0 radical (unpaired) electrons. The van der Waals surface area contributed by atoms with Crippen molar-refractivity contribution in [2.75, 3.05) is 0 Å². The molecule has 4 nitrogen and oxygen atoms in total. The van der Waals surface area contributed by atoms with Crippen molar-refractivity contribution < 1.29 is 26.7 Å². The summed E-state index contributed by atoms with van der Waals surface area (Å²) in [5.41, 5.74) is 1.09. The van der Waals surface area contributed by atoms with Crippen LogP contribution in [0.15, 0.2) is 42.7 Å². The van der Waals surface area contributed by atoms with Crippen LogP contribution < -0.4 is 4.74 Å². The van der Waals surface area contributed by atoms with Crippen molar-refractivity contribution in [1.82, 2.24) is 14.8 Å². The minimum absolute atomic E-state index is 0.0871. The first-order chi connectivity index (χ1) is 11.7. The summed E-state index contributed by atoms with van der Waals surface area (Å²) >= 11 is 0. The molecule has 2 aromatic heterocycles. The van der Waals surface area contributed by atoms with Crippen LogP contribution in [-0.4, -0.2) is 21.1 Å². The third-order valence-electron chi connectivity index (χ3n) is 3.17. The molecule has 0 saturated heterocycles. The smallest absolute Gasteiger partial charge is 0.406 e. The molecular weight excluding hydrogens is 345 g/mol. The maximum Gasteiger partial charge on any atom is 0.573 e. The second kappa shape index (κ2) is 6.15. The van der Waals surface area contributed by atoms with Gasteiger partial charge in [0.15, 0.2) is 0 Å². The summed E-state index contributed by atoms with van der Waals surface area (Å²) in [6.07, 6.45) is -2.63. The Bertz CT molecular complexity index is 920. The van der Waals surface area contributed by atoms with Gasteiger partial charge in [0.1, 0.15) is 17.4 Å². The summed E-state index contributed by atoms with van der Waals surface area (Å²) in [5.74, 6) is -2.23. The standard InChI is InChI=1S/C16H10F5N3O/c1-9-2-15(24(23-9)13-5-12(18)7-22-8-13)10-3-11(17)6-14(4-10)25-16(19,20)21/h2-8H,1H3. The van der Waals surface area contributed by atoms with E-state index in [1.807, 2.05) is 0 Å². The highest BCUT2D eigenvalue weighted by Crippen LogP contribution is 2.31. The Balaban J connectivity index is 2.11. The number of aryl methyl sites for hydroxylation is 1. The van der Waals surface area contributed by atoms with Crippen LogP contribution in [0.5, 0.6) is 5.75 Å². The highest BCUT2D eigenvalue weighted by molar-refractivity contribution is 5.64. The predicted octanol–water partition coefficient (Wildman–Crippen LogP) is 4.42. The number of hydrogen-bond donors (Lipinski definition) is 0. The van der Waals surface area contributed by atoms with Crippen molar-refractivity contribution in [3.63, 3.8) is 0 Å². The molecule has 0 aliphatic heterocycles. The summed E-state index contributed by atoms with van der Waals surface area (Å²) in [6.45, 7) is 1.64. The third kappa shape index (κ3) is 3.93. The summed E-state index contributed by atoms with van der Waals surface area (Å²) in [4.78, 5) is 3.70. The van der Waals surface area contributed by atoms with E-state index in [1.165, 1.54) is 16.9 Å². The minimum atomic E-state index is -4.95. The Morgan fingerprint density at radius 3 is 2.40 bits per heavy atom. The van der Waals surface area contributed by atoms with Crippen LogP contribution in [0.25, 0.3) is 16.9 Å². The van der Waals surface area contributed by atoms with Gasteiger partial charge in [-0.3, -0.25) is 4.98 Å². The predicted molar refractivity (Wildman–Crippen MR) is 78.1 cm³/mol. The van der Waals surface area contributed by atoms with Gasteiger partial charge in [-0.05, 0) is 25.1 Å². The van der Waals surface area contributed by atoms with Gasteiger partial charge < -0.3 is 4.74 Å². The fraction of sp³-hybridized carbons (Fsp3) is 0.125. The fourth-order valence-corrected chi connectivity index (χ4v) is 2.32. The van der Waals surface area contributed by atoms with Gasteiger partial charge in [-0.1, -0.05) is 0 Å². The zero-order valence-corrected chi connectivity index (χ0v) is 12.7. The number of ether oxygens (including phenoxy) is 1. The first kappa shape index (κ1) is 16.9. The molecule has 0 amide bonds. The van der Waals surface area contributed by atoms with Gasteiger partial charge in [-0.2, -0.15) is 5.10 Å². The first-order valence-electron chi connectivity index (χ1n) is 6.95. The molecule has 1 aromatic carbocycles. The number of nitrogens with zero attached hydrogens (tertiary/aromatic N) is 3. The zero-order chi connectivity index (χ0) is 18.2. The van der Waals surface area contributed by atoms with Gasteiger partial charge in [0.2, 0.25) is 0 Å². The van der Waals surface area contributed by atoms with Gasteiger partial charge in [-0.15, -0.1) is 13.2 Å². The van der Waals surface area contributed by atoms with Crippen molar-refractivity contribution >= 4 is 0 Å². The molecule has 0 spiro atoms. The van der Waals surface area contributed by atoms with Gasteiger partial charge in [0.05, 0.1) is 29.5 Å². The van der Waals surface area contributed by atoms with Crippen molar-refractivity contribution in [2.45, 2.75) is 13.3 Å². The number of aromatic nitrogens is 3. The Kier molecular flexibility index (Phi) is 4.15. The maximum atomic E-state index is 13.7. The molecule has 0 atom stereocenters. The molecule has 3 rings (SSSR count). The van der Waals surface area contributed by atoms with Crippen molar-refractivity contribution in [3.05, 3.63) is 60.1 Å². The quantitative estimate of drug-likeness (QED) is 0.653. The van der Waals surface area contributed by atoms with E-state index >= 15 is 0 Å². The lowest BCUT2D eigenvalue weighted by Gasteiger charge is -2.12. The number of halogens is 5. The number of rotatable bonds is 3. The molecular formula is C16H10F5N3O. The van der Waals surface area contributed by atoms with Gasteiger partial charge in [0.25, 0.3) is 0 Å². The number of benzene rings is 1. The molecule has 25 heavy (non-hydrogen) atoms. The largest absolute Gasteiger partial charge is 0.573 e. The highest BCUT2D eigenvalue weighted by Gasteiger charge is 2.31.